The van der Waals surface area contributed by atoms with Crippen molar-refractivity contribution in [3.8, 4) is 0 Å². The number of benzene rings is 1. The summed E-state index contributed by atoms with van der Waals surface area (Å²) in [5.74, 6) is 1.76. The van der Waals surface area contributed by atoms with E-state index < -0.39 is 0 Å². The number of nitrogen functional groups attached to an aromatic ring is 1. The molecule has 20 heavy (non-hydrogen) atoms. The van der Waals surface area contributed by atoms with Crippen LogP contribution in [0.3, 0.4) is 0 Å². The lowest BCUT2D eigenvalue weighted by Crippen LogP contribution is -2.42. The fourth-order valence-corrected chi connectivity index (χ4v) is 3.36. The highest BCUT2D eigenvalue weighted by Crippen LogP contribution is 2.29. The SMILES string of the molecule is CC(C)C1CCN(CC(C)(C)c2ccc(N)cc2)CC1. The topological polar surface area (TPSA) is 29.3 Å². The number of nitrogens with zero attached hydrogens (tertiary/aromatic N) is 1. The van der Waals surface area contributed by atoms with Gasteiger partial charge >= 0.3 is 0 Å². The number of piperidine rings is 1. The lowest BCUT2D eigenvalue weighted by Gasteiger charge is -2.38. The number of anilines is 1. The molecule has 1 aromatic carbocycles. The molecule has 112 valence electrons. The van der Waals surface area contributed by atoms with E-state index in [0.29, 0.717) is 0 Å². The number of rotatable bonds is 4. The molecule has 0 aromatic heterocycles. The zero-order valence-electron chi connectivity index (χ0n) is 13.5. The summed E-state index contributed by atoms with van der Waals surface area (Å²) in [5, 5.41) is 0. The average Bonchev–Trinajstić information content (AvgIpc) is 2.39. The van der Waals surface area contributed by atoms with E-state index >= 15 is 0 Å². The van der Waals surface area contributed by atoms with Gasteiger partial charge in [0.1, 0.15) is 0 Å². The summed E-state index contributed by atoms with van der Waals surface area (Å²) in [6, 6.07) is 8.39. The largest absolute Gasteiger partial charge is 0.399 e. The molecule has 0 atom stereocenters. The van der Waals surface area contributed by atoms with E-state index in [-0.39, 0.29) is 5.41 Å². The van der Waals surface area contributed by atoms with Gasteiger partial charge in [0.25, 0.3) is 0 Å². The smallest absolute Gasteiger partial charge is 0.0314 e. The van der Waals surface area contributed by atoms with E-state index in [4.69, 9.17) is 5.73 Å². The Bertz CT molecular complexity index is 412. The molecule has 1 aliphatic rings. The van der Waals surface area contributed by atoms with Crippen molar-refractivity contribution >= 4 is 5.69 Å². The van der Waals surface area contributed by atoms with E-state index in [1.165, 1.54) is 31.5 Å². The standard InChI is InChI=1S/C18H30N2/c1-14(2)15-9-11-20(12-10-15)13-18(3,4)16-5-7-17(19)8-6-16/h5-8,14-15H,9-13,19H2,1-4H3. The van der Waals surface area contributed by atoms with Crippen molar-refractivity contribution < 1.29 is 0 Å². The molecule has 0 aliphatic carbocycles. The van der Waals surface area contributed by atoms with Gasteiger partial charge in [-0.1, -0.05) is 39.8 Å². The lowest BCUT2D eigenvalue weighted by atomic mass is 9.82. The molecule has 0 spiro atoms. The number of likely N-dealkylation sites (tertiary alicyclic amines) is 1. The van der Waals surface area contributed by atoms with Gasteiger partial charge in [-0.05, 0) is 55.5 Å². The van der Waals surface area contributed by atoms with Gasteiger partial charge in [-0.2, -0.15) is 0 Å². The maximum absolute atomic E-state index is 5.79. The summed E-state index contributed by atoms with van der Waals surface area (Å²) in [4.78, 5) is 2.63. The van der Waals surface area contributed by atoms with Gasteiger partial charge in [-0.3, -0.25) is 0 Å². The van der Waals surface area contributed by atoms with Crippen molar-refractivity contribution in [1.29, 1.82) is 0 Å². The third kappa shape index (κ3) is 3.76. The summed E-state index contributed by atoms with van der Waals surface area (Å²) >= 11 is 0. The Morgan fingerprint density at radius 1 is 1.15 bits per heavy atom. The fraction of sp³-hybridized carbons (Fsp3) is 0.667. The van der Waals surface area contributed by atoms with Crippen molar-refractivity contribution in [2.24, 2.45) is 11.8 Å². The monoisotopic (exact) mass is 274 g/mol. The second-order valence-electron chi connectivity index (χ2n) is 7.36. The summed E-state index contributed by atoms with van der Waals surface area (Å²) in [6.45, 7) is 13.0. The lowest BCUT2D eigenvalue weighted by molar-refractivity contribution is 0.136. The highest BCUT2D eigenvalue weighted by Gasteiger charge is 2.27. The minimum Gasteiger partial charge on any atom is -0.399 e. The van der Waals surface area contributed by atoms with Gasteiger partial charge in [0.2, 0.25) is 0 Å². The van der Waals surface area contributed by atoms with E-state index in [9.17, 15) is 0 Å². The van der Waals surface area contributed by atoms with Crippen LogP contribution in [0.4, 0.5) is 5.69 Å². The molecule has 1 aromatic rings. The predicted octanol–water partition coefficient (Wildman–Crippen LogP) is 3.91. The maximum atomic E-state index is 5.79. The van der Waals surface area contributed by atoms with Crippen LogP contribution in [0.2, 0.25) is 0 Å². The van der Waals surface area contributed by atoms with Crippen molar-refractivity contribution in [1.82, 2.24) is 4.90 Å². The second-order valence-corrected chi connectivity index (χ2v) is 7.36. The van der Waals surface area contributed by atoms with Gasteiger partial charge in [-0.25, -0.2) is 0 Å². The van der Waals surface area contributed by atoms with Gasteiger partial charge < -0.3 is 10.6 Å². The molecule has 0 unspecified atom stereocenters. The Labute approximate surface area is 124 Å². The molecule has 1 saturated heterocycles. The number of hydrogen-bond acceptors (Lipinski definition) is 2. The first-order valence-corrected chi connectivity index (χ1v) is 7.97. The van der Waals surface area contributed by atoms with Crippen LogP contribution in [-0.4, -0.2) is 24.5 Å². The molecule has 1 fully saturated rings. The van der Waals surface area contributed by atoms with Crippen LogP contribution in [0.5, 0.6) is 0 Å². The Morgan fingerprint density at radius 3 is 2.20 bits per heavy atom. The average molecular weight is 274 g/mol. The first kappa shape index (κ1) is 15.4. The van der Waals surface area contributed by atoms with E-state index in [1.807, 2.05) is 12.1 Å². The summed E-state index contributed by atoms with van der Waals surface area (Å²) in [7, 11) is 0. The molecule has 1 heterocycles. The minimum absolute atomic E-state index is 0.193. The van der Waals surface area contributed by atoms with E-state index in [2.05, 4.69) is 44.7 Å². The van der Waals surface area contributed by atoms with Crippen molar-refractivity contribution in [2.75, 3.05) is 25.4 Å². The first-order valence-electron chi connectivity index (χ1n) is 7.97. The van der Waals surface area contributed by atoms with Crippen molar-refractivity contribution in [3.05, 3.63) is 29.8 Å². The molecular formula is C18H30N2. The highest BCUT2D eigenvalue weighted by molar-refractivity contribution is 5.41. The highest BCUT2D eigenvalue weighted by atomic mass is 15.1. The molecule has 2 heteroatoms. The molecule has 0 amide bonds. The van der Waals surface area contributed by atoms with Crippen LogP contribution in [-0.2, 0) is 5.41 Å². The van der Waals surface area contributed by atoms with Crippen LogP contribution in [0.1, 0.15) is 46.1 Å². The van der Waals surface area contributed by atoms with Crippen molar-refractivity contribution in [3.63, 3.8) is 0 Å². The fourth-order valence-electron chi connectivity index (χ4n) is 3.36. The maximum Gasteiger partial charge on any atom is 0.0314 e. The first-order chi connectivity index (χ1) is 9.38. The molecule has 0 bridgehead atoms. The number of nitrogens with two attached hydrogens (primary N) is 1. The predicted molar refractivity (Wildman–Crippen MR) is 87.9 cm³/mol. The molecule has 2 nitrogen and oxygen atoms in total. The van der Waals surface area contributed by atoms with Gasteiger partial charge in [0.15, 0.2) is 0 Å². The van der Waals surface area contributed by atoms with Crippen LogP contribution in [0.25, 0.3) is 0 Å². The zero-order valence-corrected chi connectivity index (χ0v) is 13.5. The Kier molecular flexibility index (Phi) is 4.74. The molecule has 2 rings (SSSR count). The second kappa shape index (κ2) is 6.17. The molecule has 0 radical (unpaired) electrons. The third-order valence-corrected chi connectivity index (χ3v) is 4.89. The van der Waals surface area contributed by atoms with Crippen LogP contribution >= 0.6 is 0 Å². The Morgan fingerprint density at radius 2 is 1.70 bits per heavy atom. The van der Waals surface area contributed by atoms with Gasteiger partial charge in [0, 0.05) is 17.6 Å². The Hall–Kier alpha value is -1.02. The molecular weight excluding hydrogens is 244 g/mol. The number of hydrogen-bond donors (Lipinski definition) is 1. The van der Waals surface area contributed by atoms with Gasteiger partial charge in [-0.15, -0.1) is 0 Å². The summed E-state index contributed by atoms with van der Waals surface area (Å²) in [5.41, 5.74) is 8.22. The van der Waals surface area contributed by atoms with Crippen LogP contribution in [0, 0.1) is 11.8 Å². The van der Waals surface area contributed by atoms with Crippen molar-refractivity contribution in [2.45, 2.75) is 46.0 Å². The van der Waals surface area contributed by atoms with Crippen LogP contribution in [0.15, 0.2) is 24.3 Å². The van der Waals surface area contributed by atoms with Crippen LogP contribution < -0.4 is 5.73 Å². The Balaban J connectivity index is 1.94. The summed E-state index contributed by atoms with van der Waals surface area (Å²) < 4.78 is 0. The quantitative estimate of drug-likeness (QED) is 0.843. The molecule has 0 saturated carbocycles. The molecule has 2 N–H and O–H groups in total. The third-order valence-electron chi connectivity index (χ3n) is 4.89. The van der Waals surface area contributed by atoms with Gasteiger partial charge in [0.05, 0.1) is 0 Å². The normalized spacial score (nSPS) is 18.6. The summed E-state index contributed by atoms with van der Waals surface area (Å²) in [6.07, 6.45) is 2.71. The van der Waals surface area contributed by atoms with E-state index in [1.54, 1.807) is 0 Å². The van der Waals surface area contributed by atoms with E-state index in [0.717, 1.165) is 24.1 Å². The zero-order chi connectivity index (χ0) is 14.8. The minimum atomic E-state index is 0.193. The molecule has 1 aliphatic heterocycles.